The standard InChI is InChI=1S/C17H23F3N2O2S/c1-3-24-16(23)22-6-4-21(5-7-22)11-13-8-14(12(2)25)10-15(9-13)17(18,19)20/h8-10,12,25H,3-7,11H2,1-2H3. The van der Waals surface area contributed by atoms with E-state index in [2.05, 4.69) is 12.6 Å². The van der Waals surface area contributed by atoms with Crippen LogP contribution in [-0.4, -0.2) is 48.7 Å². The van der Waals surface area contributed by atoms with Gasteiger partial charge < -0.3 is 9.64 Å². The molecule has 1 atom stereocenters. The summed E-state index contributed by atoms with van der Waals surface area (Å²) in [4.78, 5) is 15.3. The zero-order valence-electron chi connectivity index (χ0n) is 14.3. The summed E-state index contributed by atoms with van der Waals surface area (Å²) in [7, 11) is 0. The van der Waals surface area contributed by atoms with Crippen molar-refractivity contribution in [2.75, 3.05) is 32.8 Å². The first-order chi connectivity index (χ1) is 11.7. The zero-order valence-corrected chi connectivity index (χ0v) is 15.2. The largest absolute Gasteiger partial charge is 0.450 e. The van der Waals surface area contributed by atoms with Gasteiger partial charge in [-0.25, -0.2) is 4.79 Å². The third-order valence-electron chi connectivity index (χ3n) is 4.13. The minimum Gasteiger partial charge on any atom is -0.450 e. The molecule has 140 valence electrons. The molecule has 8 heteroatoms. The summed E-state index contributed by atoms with van der Waals surface area (Å²) in [6.07, 6.45) is -4.72. The average Bonchev–Trinajstić information content (AvgIpc) is 2.54. The van der Waals surface area contributed by atoms with Gasteiger partial charge >= 0.3 is 12.3 Å². The van der Waals surface area contributed by atoms with Gasteiger partial charge in [-0.3, -0.25) is 4.90 Å². The van der Waals surface area contributed by atoms with Crippen molar-refractivity contribution in [3.8, 4) is 0 Å². The van der Waals surface area contributed by atoms with Crippen LogP contribution in [0.15, 0.2) is 18.2 Å². The molecule has 1 saturated heterocycles. The number of piperazine rings is 1. The summed E-state index contributed by atoms with van der Waals surface area (Å²) in [5.74, 6) is 0. The number of hydrogen-bond donors (Lipinski definition) is 1. The van der Waals surface area contributed by atoms with E-state index < -0.39 is 11.7 Å². The van der Waals surface area contributed by atoms with Gasteiger partial charge in [0.1, 0.15) is 0 Å². The Morgan fingerprint density at radius 3 is 2.40 bits per heavy atom. The molecule has 0 saturated carbocycles. The first-order valence-corrected chi connectivity index (χ1v) is 8.75. The zero-order chi connectivity index (χ0) is 18.6. The number of hydrogen-bond acceptors (Lipinski definition) is 4. The van der Waals surface area contributed by atoms with Crippen LogP contribution in [0.3, 0.4) is 0 Å². The molecule has 1 aromatic rings. The van der Waals surface area contributed by atoms with Gasteiger partial charge in [0.05, 0.1) is 12.2 Å². The van der Waals surface area contributed by atoms with Crippen molar-refractivity contribution in [3.05, 3.63) is 34.9 Å². The van der Waals surface area contributed by atoms with Crippen LogP contribution in [-0.2, 0) is 17.5 Å². The monoisotopic (exact) mass is 376 g/mol. The summed E-state index contributed by atoms with van der Waals surface area (Å²) in [6, 6.07) is 4.11. The Morgan fingerprint density at radius 2 is 1.88 bits per heavy atom. The molecule has 1 fully saturated rings. The SMILES string of the molecule is CCOC(=O)N1CCN(Cc2cc(C(C)S)cc(C(F)(F)F)c2)CC1. The number of thiol groups is 1. The van der Waals surface area contributed by atoms with Gasteiger partial charge in [-0.1, -0.05) is 6.07 Å². The second-order valence-electron chi connectivity index (χ2n) is 6.10. The molecular formula is C17H23F3N2O2S. The predicted molar refractivity (Wildman–Crippen MR) is 92.7 cm³/mol. The number of alkyl halides is 3. The van der Waals surface area contributed by atoms with Crippen LogP contribution in [0.1, 0.15) is 35.8 Å². The van der Waals surface area contributed by atoms with E-state index in [0.717, 1.165) is 6.07 Å². The molecule has 1 heterocycles. The van der Waals surface area contributed by atoms with Gasteiger partial charge in [0.25, 0.3) is 0 Å². The molecule has 2 rings (SSSR count). The van der Waals surface area contributed by atoms with Gasteiger partial charge in [-0.05, 0) is 37.1 Å². The van der Waals surface area contributed by atoms with Crippen molar-refractivity contribution >= 4 is 18.7 Å². The van der Waals surface area contributed by atoms with E-state index in [-0.39, 0.29) is 11.3 Å². The van der Waals surface area contributed by atoms with Gasteiger partial charge in [-0.15, -0.1) is 0 Å². The van der Waals surface area contributed by atoms with Crippen LogP contribution in [0, 0.1) is 0 Å². The number of nitrogens with zero attached hydrogens (tertiary/aromatic N) is 2. The molecule has 25 heavy (non-hydrogen) atoms. The van der Waals surface area contributed by atoms with Crippen LogP contribution >= 0.6 is 12.6 Å². The molecule has 0 aliphatic carbocycles. The number of halogens is 3. The second kappa shape index (κ2) is 8.31. The summed E-state index contributed by atoms with van der Waals surface area (Å²) < 4.78 is 44.3. The maximum absolute atomic E-state index is 13.1. The highest BCUT2D eigenvalue weighted by atomic mass is 32.1. The maximum atomic E-state index is 13.1. The lowest BCUT2D eigenvalue weighted by atomic mass is 10.0. The molecule has 1 unspecified atom stereocenters. The van der Waals surface area contributed by atoms with Crippen molar-refractivity contribution in [1.29, 1.82) is 0 Å². The molecule has 0 N–H and O–H groups in total. The Kier molecular flexibility index (Phi) is 6.62. The summed E-state index contributed by atoms with van der Waals surface area (Å²) in [5, 5.41) is -0.276. The van der Waals surface area contributed by atoms with Crippen LogP contribution in [0.5, 0.6) is 0 Å². The fraction of sp³-hybridized carbons (Fsp3) is 0.588. The van der Waals surface area contributed by atoms with E-state index in [0.29, 0.717) is 50.5 Å². The molecule has 1 aliphatic rings. The Bertz CT molecular complexity index is 600. The average molecular weight is 376 g/mol. The van der Waals surface area contributed by atoms with Crippen LogP contribution in [0.4, 0.5) is 18.0 Å². The fourth-order valence-corrected chi connectivity index (χ4v) is 2.93. The van der Waals surface area contributed by atoms with Gasteiger partial charge in [0, 0.05) is 38.0 Å². The number of carbonyl (C=O) groups excluding carboxylic acids is 1. The minimum absolute atomic E-state index is 0.276. The van der Waals surface area contributed by atoms with E-state index in [1.54, 1.807) is 24.8 Å². The van der Waals surface area contributed by atoms with Crippen LogP contribution in [0.25, 0.3) is 0 Å². The second-order valence-corrected chi connectivity index (χ2v) is 6.87. The maximum Gasteiger partial charge on any atom is 0.416 e. The highest BCUT2D eigenvalue weighted by Gasteiger charge is 2.31. The minimum atomic E-state index is -4.38. The van der Waals surface area contributed by atoms with Crippen molar-refractivity contribution in [3.63, 3.8) is 0 Å². The molecule has 1 amide bonds. The smallest absolute Gasteiger partial charge is 0.416 e. The first kappa shape index (κ1) is 19.9. The molecular weight excluding hydrogens is 353 g/mol. The van der Waals surface area contributed by atoms with Crippen molar-refractivity contribution < 1.29 is 22.7 Å². The Morgan fingerprint density at radius 1 is 1.24 bits per heavy atom. The lowest BCUT2D eigenvalue weighted by molar-refractivity contribution is -0.137. The van der Waals surface area contributed by atoms with E-state index in [1.165, 1.54) is 6.07 Å². The molecule has 0 radical (unpaired) electrons. The summed E-state index contributed by atoms with van der Waals surface area (Å²) in [5.41, 5.74) is 0.514. The molecule has 0 bridgehead atoms. The number of amides is 1. The summed E-state index contributed by atoms with van der Waals surface area (Å²) >= 11 is 4.26. The molecule has 0 spiro atoms. The lowest BCUT2D eigenvalue weighted by Gasteiger charge is -2.34. The third-order valence-corrected chi connectivity index (χ3v) is 4.43. The van der Waals surface area contributed by atoms with E-state index in [4.69, 9.17) is 4.74 Å². The number of carbonyl (C=O) groups is 1. The topological polar surface area (TPSA) is 32.8 Å². The molecule has 4 nitrogen and oxygen atoms in total. The summed E-state index contributed by atoms with van der Waals surface area (Å²) in [6.45, 7) is 6.45. The van der Waals surface area contributed by atoms with E-state index in [9.17, 15) is 18.0 Å². The fourth-order valence-electron chi connectivity index (χ4n) is 2.78. The van der Waals surface area contributed by atoms with E-state index >= 15 is 0 Å². The highest BCUT2D eigenvalue weighted by Crippen LogP contribution is 2.33. The molecule has 0 aromatic heterocycles. The van der Waals surface area contributed by atoms with Crippen molar-refractivity contribution in [1.82, 2.24) is 9.80 Å². The van der Waals surface area contributed by atoms with Gasteiger partial charge in [-0.2, -0.15) is 25.8 Å². The van der Waals surface area contributed by atoms with Crippen molar-refractivity contribution in [2.45, 2.75) is 31.8 Å². The Labute approximate surface area is 151 Å². The predicted octanol–water partition coefficient (Wildman–Crippen LogP) is 3.97. The Balaban J connectivity index is 2.05. The third kappa shape index (κ3) is 5.54. The lowest BCUT2D eigenvalue weighted by Crippen LogP contribution is -2.48. The molecule has 1 aromatic carbocycles. The normalized spacial score (nSPS) is 17.4. The van der Waals surface area contributed by atoms with Crippen molar-refractivity contribution in [2.24, 2.45) is 0 Å². The molecule has 1 aliphatic heterocycles. The number of ether oxygens (including phenoxy) is 1. The van der Waals surface area contributed by atoms with Crippen LogP contribution in [0.2, 0.25) is 0 Å². The van der Waals surface area contributed by atoms with Gasteiger partial charge in [0.15, 0.2) is 0 Å². The first-order valence-electron chi connectivity index (χ1n) is 8.24. The quantitative estimate of drug-likeness (QED) is 0.807. The number of benzene rings is 1. The van der Waals surface area contributed by atoms with Crippen LogP contribution < -0.4 is 0 Å². The highest BCUT2D eigenvalue weighted by molar-refractivity contribution is 7.80. The van der Waals surface area contributed by atoms with Gasteiger partial charge in [0.2, 0.25) is 0 Å². The number of rotatable bonds is 4. The van der Waals surface area contributed by atoms with E-state index in [1.807, 2.05) is 4.90 Å². The Hall–Kier alpha value is -1.41.